The van der Waals surface area contributed by atoms with Crippen molar-refractivity contribution in [1.29, 1.82) is 0 Å². The van der Waals surface area contributed by atoms with Crippen molar-refractivity contribution < 1.29 is 18.3 Å². The highest BCUT2D eigenvalue weighted by Gasteiger charge is 2.38. The summed E-state index contributed by atoms with van der Waals surface area (Å²) in [7, 11) is 0. The number of halogens is 5. The Labute approximate surface area is 105 Å². The molecule has 0 aromatic heterocycles. The second kappa shape index (κ2) is 5.86. The largest absolute Gasteiger partial charge is 0.390 e. The molecule has 0 aliphatic carbocycles. The van der Waals surface area contributed by atoms with Gasteiger partial charge in [-0.15, -0.1) is 12.4 Å². The number of hydrogen-bond donors (Lipinski definition) is 2. The Morgan fingerprint density at radius 1 is 1.44 bits per heavy atom. The van der Waals surface area contributed by atoms with Gasteiger partial charge in [-0.05, 0) is 12.1 Å². The maximum absolute atomic E-state index is 13.2. The SMILES string of the molecule is Cl.N[C@H](c1ccc(Br)cc1F)C(F)(F)CO. The Morgan fingerprint density at radius 2 is 2.00 bits per heavy atom. The van der Waals surface area contributed by atoms with Crippen LogP contribution >= 0.6 is 28.3 Å². The fourth-order valence-electron chi connectivity index (χ4n) is 1.08. The van der Waals surface area contributed by atoms with Crippen molar-refractivity contribution in [2.75, 3.05) is 6.61 Å². The van der Waals surface area contributed by atoms with Gasteiger partial charge in [-0.25, -0.2) is 13.2 Å². The zero-order valence-corrected chi connectivity index (χ0v) is 10.4. The molecule has 3 N–H and O–H groups in total. The quantitative estimate of drug-likeness (QED) is 0.899. The summed E-state index contributed by atoms with van der Waals surface area (Å²) in [4.78, 5) is 0. The van der Waals surface area contributed by atoms with Gasteiger partial charge in [-0.3, -0.25) is 0 Å². The number of aliphatic hydroxyl groups excluding tert-OH is 1. The third-order valence-corrected chi connectivity index (χ3v) is 2.46. The Kier molecular flexibility index (Phi) is 5.75. The molecule has 0 aliphatic heterocycles. The number of rotatable bonds is 3. The summed E-state index contributed by atoms with van der Waals surface area (Å²) in [6.45, 7) is -1.41. The van der Waals surface area contributed by atoms with E-state index in [0.717, 1.165) is 12.1 Å². The second-order valence-corrected chi connectivity index (χ2v) is 3.98. The first-order valence-corrected chi connectivity index (χ1v) is 4.87. The highest BCUT2D eigenvalue weighted by atomic mass is 79.9. The van der Waals surface area contributed by atoms with Crippen LogP contribution in [0.2, 0.25) is 0 Å². The highest BCUT2D eigenvalue weighted by Crippen LogP contribution is 2.31. The van der Waals surface area contributed by atoms with Crippen molar-refractivity contribution in [3.63, 3.8) is 0 Å². The van der Waals surface area contributed by atoms with Crippen molar-refractivity contribution in [3.8, 4) is 0 Å². The number of hydrogen-bond acceptors (Lipinski definition) is 2. The lowest BCUT2D eigenvalue weighted by Gasteiger charge is -2.22. The first kappa shape index (κ1) is 15.7. The molecule has 1 aromatic carbocycles. The lowest BCUT2D eigenvalue weighted by molar-refractivity contribution is -0.0718. The van der Waals surface area contributed by atoms with Gasteiger partial charge >= 0.3 is 0 Å². The average Bonchev–Trinajstić information content (AvgIpc) is 2.17. The molecule has 1 atom stereocenters. The molecule has 16 heavy (non-hydrogen) atoms. The van der Waals surface area contributed by atoms with Crippen LogP contribution in [0, 0.1) is 5.82 Å². The molecule has 2 nitrogen and oxygen atoms in total. The Bertz CT molecular complexity index is 365. The summed E-state index contributed by atoms with van der Waals surface area (Å²) in [5.41, 5.74) is 4.85. The van der Waals surface area contributed by atoms with Crippen LogP contribution in [0.15, 0.2) is 22.7 Å². The second-order valence-electron chi connectivity index (χ2n) is 3.06. The maximum atomic E-state index is 13.2. The first-order chi connectivity index (χ1) is 6.88. The number of aliphatic hydroxyl groups is 1. The minimum atomic E-state index is -3.53. The first-order valence-electron chi connectivity index (χ1n) is 4.07. The van der Waals surface area contributed by atoms with Crippen LogP contribution in [0.1, 0.15) is 11.6 Å². The minimum Gasteiger partial charge on any atom is -0.390 e. The minimum absolute atomic E-state index is 0. The number of benzene rings is 1. The van der Waals surface area contributed by atoms with E-state index in [1.165, 1.54) is 6.07 Å². The van der Waals surface area contributed by atoms with Gasteiger partial charge in [0.1, 0.15) is 12.4 Å². The number of alkyl halides is 2. The molecule has 0 bridgehead atoms. The van der Waals surface area contributed by atoms with Crippen molar-refractivity contribution in [2.24, 2.45) is 5.73 Å². The standard InChI is InChI=1S/C9H9BrF3NO.ClH/c10-5-1-2-6(7(11)3-5)8(14)9(12,13)4-15;/h1-3,8,15H,4,14H2;1H/t8-;/m1./s1. The smallest absolute Gasteiger partial charge is 0.289 e. The molecule has 7 heteroatoms. The predicted octanol–water partition coefficient (Wildman–Crippen LogP) is 2.64. The van der Waals surface area contributed by atoms with E-state index in [4.69, 9.17) is 10.8 Å². The molecule has 0 aliphatic rings. The van der Waals surface area contributed by atoms with Crippen LogP contribution in [0.4, 0.5) is 13.2 Å². The van der Waals surface area contributed by atoms with E-state index >= 15 is 0 Å². The van der Waals surface area contributed by atoms with Gasteiger partial charge in [0, 0.05) is 10.0 Å². The fraction of sp³-hybridized carbons (Fsp3) is 0.333. The number of nitrogens with two attached hydrogens (primary N) is 1. The lowest BCUT2D eigenvalue weighted by atomic mass is 10.0. The van der Waals surface area contributed by atoms with Crippen LogP contribution in [0.25, 0.3) is 0 Å². The summed E-state index contributed by atoms with van der Waals surface area (Å²) in [5, 5.41) is 8.41. The van der Waals surface area contributed by atoms with Crippen LogP contribution in [0.3, 0.4) is 0 Å². The molecule has 0 saturated carbocycles. The molecule has 0 saturated heterocycles. The highest BCUT2D eigenvalue weighted by molar-refractivity contribution is 9.10. The molecule has 92 valence electrons. The lowest BCUT2D eigenvalue weighted by Crippen LogP contribution is -2.36. The van der Waals surface area contributed by atoms with E-state index in [9.17, 15) is 13.2 Å². The summed E-state index contributed by atoms with van der Waals surface area (Å²) in [6, 6.07) is 1.76. The zero-order chi connectivity index (χ0) is 11.6. The molecule has 0 spiro atoms. The van der Waals surface area contributed by atoms with E-state index in [-0.39, 0.29) is 18.0 Å². The Morgan fingerprint density at radius 3 is 2.44 bits per heavy atom. The molecule has 0 fully saturated rings. The van der Waals surface area contributed by atoms with E-state index in [0.29, 0.717) is 4.47 Å². The van der Waals surface area contributed by atoms with Crippen LogP contribution < -0.4 is 5.73 Å². The average molecular weight is 321 g/mol. The Hall–Kier alpha value is -0.300. The summed E-state index contributed by atoms with van der Waals surface area (Å²) < 4.78 is 39.6. The molecule has 1 rings (SSSR count). The monoisotopic (exact) mass is 319 g/mol. The molecule has 1 aromatic rings. The molecular formula is C9H10BrClF3NO. The van der Waals surface area contributed by atoms with Crippen molar-refractivity contribution >= 4 is 28.3 Å². The van der Waals surface area contributed by atoms with Gasteiger partial charge in [0.15, 0.2) is 0 Å². The van der Waals surface area contributed by atoms with Gasteiger partial charge in [0.25, 0.3) is 5.92 Å². The van der Waals surface area contributed by atoms with Gasteiger partial charge in [0.2, 0.25) is 0 Å². The Balaban J connectivity index is 0.00000225. The van der Waals surface area contributed by atoms with Crippen LogP contribution in [-0.4, -0.2) is 17.6 Å². The van der Waals surface area contributed by atoms with Gasteiger partial charge in [-0.1, -0.05) is 22.0 Å². The normalized spacial score (nSPS) is 13.1. The van der Waals surface area contributed by atoms with Crippen LogP contribution in [0.5, 0.6) is 0 Å². The predicted molar refractivity (Wildman–Crippen MR) is 60.3 cm³/mol. The van der Waals surface area contributed by atoms with Gasteiger partial charge in [-0.2, -0.15) is 0 Å². The van der Waals surface area contributed by atoms with Gasteiger partial charge < -0.3 is 10.8 Å². The third-order valence-electron chi connectivity index (χ3n) is 1.96. The third kappa shape index (κ3) is 3.35. The summed E-state index contributed by atoms with van der Waals surface area (Å²) in [5.74, 6) is -4.36. The molecule has 0 unspecified atom stereocenters. The molecule has 0 heterocycles. The van der Waals surface area contributed by atoms with E-state index in [2.05, 4.69) is 15.9 Å². The molecular weight excluding hydrogens is 310 g/mol. The van der Waals surface area contributed by atoms with Crippen LogP contribution in [-0.2, 0) is 0 Å². The van der Waals surface area contributed by atoms with Crippen molar-refractivity contribution in [3.05, 3.63) is 34.1 Å². The molecule has 0 amide bonds. The van der Waals surface area contributed by atoms with E-state index < -0.39 is 24.4 Å². The van der Waals surface area contributed by atoms with E-state index in [1.54, 1.807) is 0 Å². The maximum Gasteiger partial charge on any atom is 0.289 e. The van der Waals surface area contributed by atoms with Crippen molar-refractivity contribution in [2.45, 2.75) is 12.0 Å². The topological polar surface area (TPSA) is 46.2 Å². The summed E-state index contributed by atoms with van der Waals surface area (Å²) >= 11 is 3.00. The molecule has 0 radical (unpaired) electrons. The van der Waals surface area contributed by atoms with E-state index in [1.807, 2.05) is 0 Å². The van der Waals surface area contributed by atoms with Crippen molar-refractivity contribution in [1.82, 2.24) is 0 Å². The fourth-order valence-corrected chi connectivity index (χ4v) is 1.41. The zero-order valence-electron chi connectivity index (χ0n) is 7.96. The summed E-state index contributed by atoms with van der Waals surface area (Å²) in [6.07, 6.45) is 0. The van der Waals surface area contributed by atoms with Gasteiger partial charge in [0.05, 0.1) is 6.04 Å².